The van der Waals surface area contributed by atoms with Gasteiger partial charge in [-0.2, -0.15) is 13.2 Å². The van der Waals surface area contributed by atoms with Gasteiger partial charge in [-0.05, 0) is 17.7 Å². The Morgan fingerprint density at radius 3 is 2.68 bits per heavy atom. The van der Waals surface area contributed by atoms with Gasteiger partial charge in [0.05, 0.1) is 24.1 Å². The van der Waals surface area contributed by atoms with Crippen LogP contribution in [-0.4, -0.2) is 47.6 Å². The number of hydrogen-bond acceptors (Lipinski definition) is 3. The average molecular weight is 353 g/mol. The lowest BCUT2D eigenvalue weighted by Gasteiger charge is -2.15. The van der Waals surface area contributed by atoms with E-state index in [0.717, 1.165) is 12.1 Å². The van der Waals surface area contributed by atoms with Crippen molar-refractivity contribution in [1.29, 1.82) is 0 Å². The van der Waals surface area contributed by atoms with Gasteiger partial charge in [-0.3, -0.25) is 4.79 Å². The standard InChI is InChI=1S/C17H18F3N3O2/c1-25-7-6-23-10-12(8-15(23)24)16-21-9-14(22-16)11-2-4-13(5-3-11)17(18,19)20/h2-5,9,12H,6-8,10H2,1H3,(H,21,22). The molecule has 5 nitrogen and oxygen atoms in total. The molecular formula is C17H18F3N3O2. The maximum Gasteiger partial charge on any atom is 0.416 e. The second-order valence-electron chi connectivity index (χ2n) is 5.99. The van der Waals surface area contributed by atoms with Gasteiger partial charge in [0, 0.05) is 32.5 Å². The summed E-state index contributed by atoms with van der Waals surface area (Å²) in [7, 11) is 1.58. The summed E-state index contributed by atoms with van der Waals surface area (Å²) in [6.45, 7) is 1.58. The maximum atomic E-state index is 12.6. The minimum absolute atomic E-state index is 0.0486. The van der Waals surface area contributed by atoms with E-state index in [1.165, 1.54) is 12.1 Å². The molecule has 1 atom stereocenters. The summed E-state index contributed by atoms with van der Waals surface area (Å²) in [6, 6.07) is 4.90. The molecule has 1 aliphatic heterocycles. The van der Waals surface area contributed by atoms with Crippen LogP contribution >= 0.6 is 0 Å². The van der Waals surface area contributed by atoms with E-state index in [-0.39, 0.29) is 11.8 Å². The summed E-state index contributed by atoms with van der Waals surface area (Å²) in [5, 5.41) is 0. The molecule has 8 heteroatoms. The van der Waals surface area contributed by atoms with Crippen LogP contribution in [0.3, 0.4) is 0 Å². The molecule has 3 rings (SSSR count). The molecule has 1 aromatic heterocycles. The molecule has 1 N–H and O–H groups in total. The van der Waals surface area contributed by atoms with Gasteiger partial charge in [-0.25, -0.2) is 4.98 Å². The Morgan fingerprint density at radius 2 is 2.04 bits per heavy atom. The van der Waals surface area contributed by atoms with Crippen LogP contribution in [0.15, 0.2) is 30.5 Å². The topological polar surface area (TPSA) is 58.2 Å². The zero-order chi connectivity index (χ0) is 18.0. The molecule has 2 aromatic rings. The second-order valence-corrected chi connectivity index (χ2v) is 5.99. The van der Waals surface area contributed by atoms with Gasteiger partial charge in [0.15, 0.2) is 0 Å². The molecule has 25 heavy (non-hydrogen) atoms. The Kier molecular flexibility index (Phi) is 4.80. The van der Waals surface area contributed by atoms with Gasteiger partial charge in [0.1, 0.15) is 5.82 Å². The van der Waals surface area contributed by atoms with Crippen LogP contribution in [0.25, 0.3) is 11.3 Å². The SMILES string of the molecule is COCCN1CC(c2ncc(-c3ccc(C(F)(F)F)cc3)[nH]2)CC1=O. The summed E-state index contributed by atoms with van der Waals surface area (Å²) >= 11 is 0. The first-order valence-corrected chi connectivity index (χ1v) is 7.87. The van der Waals surface area contributed by atoms with Crippen LogP contribution in [0.2, 0.25) is 0 Å². The lowest BCUT2D eigenvalue weighted by atomic mass is 10.1. The number of ether oxygens (including phenoxy) is 1. The van der Waals surface area contributed by atoms with Crippen molar-refractivity contribution in [3.05, 3.63) is 41.9 Å². The lowest BCUT2D eigenvalue weighted by molar-refractivity contribution is -0.137. The van der Waals surface area contributed by atoms with E-state index in [9.17, 15) is 18.0 Å². The fourth-order valence-electron chi connectivity index (χ4n) is 2.90. The molecule has 0 radical (unpaired) electrons. The highest BCUT2D eigenvalue weighted by molar-refractivity contribution is 5.79. The van der Waals surface area contributed by atoms with Crippen LogP contribution in [0, 0.1) is 0 Å². The molecule has 1 amide bonds. The number of nitrogens with zero attached hydrogens (tertiary/aromatic N) is 2. The molecule has 134 valence electrons. The van der Waals surface area contributed by atoms with Crippen molar-refractivity contribution in [1.82, 2.24) is 14.9 Å². The van der Waals surface area contributed by atoms with Crippen molar-refractivity contribution >= 4 is 5.91 Å². The van der Waals surface area contributed by atoms with E-state index in [4.69, 9.17) is 4.74 Å². The van der Waals surface area contributed by atoms with Gasteiger partial charge in [0.2, 0.25) is 5.91 Å². The van der Waals surface area contributed by atoms with Crippen LogP contribution in [-0.2, 0) is 15.7 Å². The van der Waals surface area contributed by atoms with E-state index in [1.54, 1.807) is 18.2 Å². The number of hydrogen-bond donors (Lipinski definition) is 1. The van der Waals surface area contributed by atoms with Gasteiger partial charge < -0.3 is 14.6 Å². The fourth-order valence-corrected chi connectivity index (χ4v) is 2.90. The number of H-pyrrole nitrogens is 1. The highest BCUT2D eigenvalue weighted by Gasteiger charge is 2.32. The quantitative estimate of drug-likeness (QED) is 0.899. The van der Waals surface area contributed by atoms with E-state index in [2.05, 4.69) is 9.97 Å². The Labute approximate surface area is 142 Å². The molecule has 2 heterocycles. The number of imidazole rings is 1. The average Bonchev–Trinajstić information content (AvgIpc) is 3.19. The van der Waals surface area contributed by atoms with Crippen molar-refractivity contribution in [2.75, 3.05) is 26.8 Å². The zero-order valence-electron chi connectivity index (χ0n) is 13.6. The largest absolute Gasteiger partial charge is 0.416 e. The molecular weight excluding hydrogens is 335 g/mol. The predicted molar refractivity (Wildman–Crippen MR) is 84.8 cm³/mol. The molecule has 1 aromatic carbocycles. The normalized spacial score (nSPS) is 18.2. The number of alkyl halides is 3. The Bertz CT molecular complexity index is 740. The van der Waals surface area contributed by atoms with E-state index in [1.807, 2.05) is 0 Å². The highest BCUT2D eigenvalue weighted by atomic mass is 19.4. The van der Waals surface area contributed by atoms with E-state index < -0.39 is 11.7 Å². The molecule has 1 fully saturated rings. The number of halogens is 3. The molecule has 0 spiro atoms. The van der Waals surface area contributed by atoms with Crippen molar-refractivity contribution in [2.45, 2.75) is 18.5 Å². The highest BCUT2D eigenvalue weighted by Crippen LogP contribution is 2.31. The number of rotatable bonds is 5. The first kappa shape index (κ1) is 17.5. The van der Waals surface area contributed by atoms with Crippen molar-refractivity contribution in [3.63, 3.8) is 0 Å². The lowest BCUT2D eigenvalue weighted by Crippen LogP contribution is -2.28. The zero-order valence-corrected chi connectivity index (χ0v) is 13.6. The van der Waals surface area contributed by atoms with Crippen molar-refractivity contribution < 1.29 is 22.7 Å². The minimum Gasteiger partial charge on any atom is -0.383 e. The van der Waals surface area contributed by atoms with E-state index in [0.29, 0.717) is 43.2 Å². The third kappa shape index (κ3) is 3.84. The predicted octanol–water partition coefficient (Wildman–Crippen LogP) is 3.06. The third-order valence-electron chi connectivity index (χ3n) is 4.29. The summed E-state index contributed by atoms with van der Waals surface area (Å²) in [6.07, 6.45) is -2.41. The van der Waals surface area contributed by atoms with Crippen LogP contribution in [0.4, 0.5) is 13.2 Å². The molecule has 1 aliphatic rings. The van der Waals surface area contributed by atoms with Gasteiger partial charge >= 0.3 is 6.18 Å². The van der Waals surface area contributed by atoms with Gasteiger partial charge in [-0.15, -0.1) is 0 Å². The molecule has 0 aliphatic carbocycles. The number of carbonyl (C=O) groups is 1. The smallest absolute Gasteiger partial charge is 0.383 e. The molecule has 0 saturated carbocycles. The van der Waals surface area contributed by atoms with Crippen LogP contribution in [0.1, 0.15) is 23.7 Å². The van der Waals surface area contributed by atoms with Crippen LogP contribution in [0.5, 0.6) is 0 Å². The minimum atomic E-state index is -4.35. The molecule has 1 saturated heterocycles. The Hall–Kier alpha value is -2.35. The van der Waals surface area contributed by atoms with Crippen LogP contribution < -0.4 is 0 Å². The first-order valence-electron chi connectivity index (χ1n) is 7.87. The van der Waals surface area contributed by atoms with Gasteiger partial charge in [0.25, 0.3) is 0 Å². The number of benzene rings is 1. The summed E-state index contributed by atoms with van der Waals surface area (Å²) < 4.78 is 42.9. The number of amides is 1. The number of nitrogens with one attached hydrogen (secondary N) is 1. The second kappa shape index (κ2) is 6.87. The van der Waals surface area contributed by atoms with Gasteiger partial charge in [-0.1, -0.05) is 12.1 Å². The maximum absolute atomic E-state index is 12.6. The summed E-state index contributed by atoms with van der Waals surface area (Å²) in [4.78, 5) is 21.2. The number of likely N-dealkylation sites (tertiary alicyclic amines) is 1. The van der Waals surface area contributed by atoms with Crippen molar-refractivity contribution in [2.24, 2.45) is 0 Å². The Morgan fingerprint density at radius 1 is 1.32 bits per heavy atom. The monoisotopic (exact) mass is 353 g/mol. The van der Waals surface area contributed by atoms with Crippen molar-refractivity contribution in [3.8, 4) is 11.3 Å². The summed E-state index contributed by atoms with van der Waals surface area (Å²) in [5.41, 5.74) is 0.560. The number of aromatic nitrogens is 2. The number of carbonyl (C=O) groups excluding carboxylic acids is 1. The fraction of sp³-hybridized carbons (Fsp3) is 0.412. The summed E-state index contributed by atoms with van der Waals surface area (Å²) in [5.74, 6) is 0.672. The third-order valence-corrected chi connectivity index (χ3v) is 4.29. The molecule has 0 bridgehead atoms. The molecule has 1 unspecified atom stereocenters. The first-order chi connectivity index (χ1) is 11.9. The Balaban J connectivity index is 1.72. The number of methoxy groups -OCH3 is 1. The van der Waals surface area contributed by atoms with E-state index >= 15 is 0 Å². The number of aromatic amines is 1.